The highest BCUT2D eigenvalue weighted by Gasteiger charge is 1.95. The fraction of sp³-hybridized carbons (Fsp3) is 0.0667. The molecule has 0 atom stereocenters. The summed E-state index contributed by atoms with van der Waals surface area (Å²) in [5.74, 6) is 14.2. The third-order valence-electron chi connectivity index (χ3n) is 4.90. The summed E-state index contributed by atoms with van der Waals surface area (Å²) < 4.78 is 10.3. The quantitative estimate of drug-likeness (QED) is 0.254. The van der Waals surface area contributed by atoms with Crippen molar-refractivity contribution in [1.29, 1.82) is 0 Å². The second-order valence-electron chi connectivity index (χ2n) is 7.25. The van der Waals surface area contributed by atoms with Crippen molar-refractivity contribution in [3.05, 3.63) is 119 Å². The first-order chi connectivity index (χ1) is 16.7. The fourth-order valence-electron chi connectivity index (χ4n) is 2.98. The van der Waals surface area contributed by atoms with E-state index < -0.39 is 0 Å². The van der Waals surface area contributed by atoms with E-state index in [0.29, 0.717) is 0 Å². The highest BCUT2D eigenvalue weighted by atomic mass is 16.5. The molecule has 0 saturated carbocycles. The Morgan fingerprint density at radius 3 is 0.941 bits per heavy atom. The summed E-state index contributed by atoms with van der Waals surface area (Å²) in [6, 6.07) is 30.7. The highest BCUT2D eigenvalue weighted by Crippen LogP contribution is 2.19. The maximum atomic E-state index is 5.16. The molecule has 4 aromatic rings. The van der Waals surface area contributed by atoms with Gasteiger partial charge < -0.3 is 9.47 Å². The zero-order chi connectivity index (χ0) is 23.6. The predicted octanol–water partition coefficient (Wildman–Crippen LogP) is 6.92. The second kappa shape index (κ2) is 11.2. The molecule has 4 nitrogen and oxygen atoms in total. The molecular weight excluding hydrogens is 420 g/mol. The zero-order valence-electron chi connectivity index (χ0n) is 18.9. The number of hydrogen-bond acceptors (Lipinski definition) is 4. The van der Waals surface area contributed by atoms with Gasteiger partial charge in [0.05, 0.1) is 25.6 Å². The first-order valence-electron chi connectivity index (χ1n) is 10.7. The Morgan fingerprint density at radius 2 is 0.676 bits per heavy atom. The monoisotopic (exact) mass is 442 g/mol. The van der Waals surface area contributed by atoms with Crippen LogP contribution in [0.15, 0.2) is 107 Å². The van der Waals surface area contributed by atoms with E-state index in [2.05, 4.69) is 33.9 Å². The molecule has 4 rings (SSSR count). The van der Waals surface area contributed by atoms with Gasteiger partial charge in [-0.05, 0) is 97.1 Å². The Kier molecular flexibility index (Phi) is 7.36. The first-order valence-corrected chi connectivity index (χ1v) is 10.7. The lowest BCUT2D eigenvalue weighted by molar-refractivity contribution is 0.414. The van der Waals surface area contributed by atoms with Crippen molar-refractivity contribution in [2.45, 2.75) is 0 Å². The molecule has 34 heavy (non-hydrogen) atoms. The van der Waals surface area contributed by atoms with Gasteiger partial charge >= 0.3 is 0 Å². The van der Waals surface area contributed by atoms with Crippen molar-refractivity contribution in [3.63, 3.8) is 0 Å². The predicted molar refractivity (Wildman–Crippen MR) is 135 cm³/mol. The standard InChI is InChI=1S/C30H22N2O2/c1-33-29-19-11-25(12-20-29)5-3-23-7-15-27(16-8-23)31-32-28-17-9-24(10-18-28)4-6-26-13-21-30(34-2)22-14-26/h7-22H,1-2H3. The molecule has 0 aliphatic rings. The van der Waals surface area contributed by atoms with Crippen LogP contribution in [-0.4, -0.2) is 14.2 Å². The van der Waals surface area contributed by atoms with Crippen molar-refractivity contribution < 1.29 is 9.47 Å². The van der Waals surface area contributed by atoms with Gasteiger partial charge in [0, 0.05) is 22.3 Å². The molecule has 0 N–H and O–H groups in total. The van der Waals surface area contributed by atoms with E-state index in [1.165, 1.54) is 0 Å². The molecule has 0 aromatic heterocycles. The van der Waals surface area contributed by atoms with Crippen LogP contribution in [0.25, 0.3) is 0 Å². The fourth-order valence-corrected chi connectivity index (χ4v) is 2.98. The van der Waals surface area contributed by atoms with E-state index in [-0.39, 0.29) is 0 Å². The van der Waals surface area contributed by atoms with E-state index in [9.17, 15) is 0 Å². The Morgan fingerprint density at radius 1 is 0.412 bits per heavy atom. The minimum Gasteiger partial charge on any atom is -0.497 e. The van der Waals surface area contributed by atoms with Crippen molar-refractivity contribution in [2.24, 2.45) is 10.2 Å². The van der Waals surface area contributed by atoms with Crippen LogP contribution in [0.5, 0.6) is 11.5 Å². The van der Waals surface area contributed by atoms with E-state index in [1.54, 1.807) is 14.2 Å². The number of benzene rings is 4. The molecule has 0 heterocycles. The second-order valence-corrected chi connectivity index (χ2v) is 7.25. The minimum atomic E-state index is 0.762. The summed E-state index contributed by atoms with van der Waals surface area (Å²) in [6.07, 6.45) is 0. The lowest BCUT2D eigenvalue weighted by Gasteiger charge is -1.98. The van der Waals surface area contributed by atoms with Crippen molar-refractivity contribution >= 4 is 11.4 Å². The molecule has 0 bridgehead atoms. The zero-order valence-corrected chi connectivity index (χ0v) is 18.9. The van der Waals surface area contributed by atoms with Gasteiger partial charge in [0.1, 0.15) is 11.5 Å². The lowest BCUT2D eigenvalue weighted by Crippen LogP contribution is -1.82. The minimum absolute atomic E-state index is 0.762. The summed E-state index contributed by atoms with van der Waals surface area (Å²) in [4.78, 5) is 0. The Balaban J connectivity index is 1.36. The number of azo groups is 1. The molecule has 4 aromatic carbocycles. The highest BCUT2D eigenvalue weighted by molar-refractivity contribution is 5.50. The number of hydrogen-bond donors (Lipinski definition) is 0. The molecule has 164 valence electrons. The number of methoxy groups -OCH3 is 2. The van der Waals surface area contributed by atoms with Gasteiger partial charge in [-0.15, -0.1) is 0 Å². The van der Waals surface area contributed by atoms with Crippen LogP contribution in [0.3, 0.4) is 0 Å². The van der Waals surface area contributed by atoms with Gasteiger partial charge in [0.2, 0.25) is 0 Å². The maximum absolute atomic E-state index is 5.16. The third-order valence-corrected chi connectivity index (χ3v) is 4.90. The molecule has 0 unspecified atom stereocenters. The molecule has 0 saturated heterocycles. The largest absolute Gasteiger partial charge is 0.497 e. The van der Waals surface area contributed by atoms with Gasteiger partial charge in [0.15, 0.2) is 0 Å². The topological polar surface area (TPSA) is 43.2 Å². The van der Waals surface area contributed by atoms with E-state index >= 15 is 0 Å². The number of nitrogens with zero attached hydrogens (tertiary/aromatic N) is 2. The molecule has 0 spiro atoms. The van der Waals surface area contributed by atoms with Gasteiger partial charge in [0.25, 0.3) is 0 Å². The summed E-state index contributed by atoms with van der Waals surface area (Å²) >= 11 is 0. The molecule has 0 amide bonds. The average molecular weight is 443 g/mol. The number of rotatable bonds is 4. The average Bonchev–Trinajstić information content (AvgIpc) is 2.91. The van der Waals surface area contributed by atoms with Crippen molar-refractivity contribution in [3.8, 4) is 35.2 Å². The summed E-state index contributed by atoms with van der Waals surface area (Å²) in [6.45, 7) is 0. The van der Waals surface area contributed by atoms with E-state index in [4.69, 9.17) is 9.47 Å². The summed E-state index contributed by atoms with van der Waals surface area (Å²) in [5, 5.41) is 8.62. The van der Waals surface area contributed by atoms with Gasteiger partial charge in [-0.2, -0.15) is 10.2 Å². The Hall–Kier alpha value is -4.80. The van der Waals surface area contributed by atoms with Crippen LogP contribution < -0.4 is 9.47 Å². The Labute approximate surface area is 199 Å². The Bertz CT molecular complexity index is 1270. The van der Waals surface area contributed by atoms with Crippen molar-refractivity contribution in [2.75, 3.05) is 14.2 Å². The van der Waals surface area contributed by atoms with E-state index in [0.717, 1.165) is 45.1 Å². The smallest absolute Gasteiger partial charge is 0.118 e. The van der Waals surface area contributed by atoms with Gasteiger partial charge in [-0.1, -0.05) is 23.7 Å². The van der Waals surface area contributed by atoms with Crippen LogP contribution in [-0.2, 0) is 0 Å². The normalized spacial score (nSPS) is 10.1. The molecule has 0 fully saturated rings. The molecule has 0 radical (unpaired) electrons. The van der Waals surface area contributed by atoms with Crippen molar-refractivity contribution in [1.82, 2.24) is 0 Å². The molecule has 0 aliphatic carbocycles. The maximum Gasteiger partial charge on any atom is 0.118 e. The van der Waals surface area contributed by atoms with Gasteiger partial charge in [-0.3, -0.25) is 0 Å². The first kappa shape index (κ1) is 22.4. The van der Waals surface area contributed by atoms with Crippen LogP contribution in [0.4, 0.5) is 11.4 Å². The molecule has 4 heteroatoms. The molecule has 0 aliphatic heterocycles. The van der Waals surface area contributed by atoms with E-state index in [1.807, 2.05) is 97.1 Å². The van der Waals surface area contributed by atoms with Crippen LogP contribution in [0.1, 0.15) is 22.3 Å². The van der Waals surface area contributed by atoms with Crippen LogP contribution in [0.2, 0.25) is 0 Å². The number of ether oxygens (including phenoxy) is 2. The SMILES string of the molecule is COc1ccc(C#Cc2ccc(N=Nc3ccc(C#Cc4ccc(OC)cc4)cc3)cc2)cc1. The summed E-state index contributed by atoms with van der Waals surface area (Å²) in [7, 11) is 3.30. The van der Waals surface area contributed by atoms with Crippen LogP contribution >= 0.6 is 0 Å². The summed E-state index contributed by atoms with van der Waals surface area (Å²) in [5.41, 5.74) is 5.21. The lowest BCUT2D eigenvalue weighted by atomic mass is 10.1. The van der Waals surface area contributed by atoms with Gasteiger partial charge in [-0.25, -0.2) is 0 Å². The van der Waals surface area contributed by atoms with Crippen LogP contribution in [0, 0.1) is 23.7 Å². The molecular formula is C30H22N2O2. The third kappa shape index (κ3) is 6.36.